The number of halogens is 5. The summed E-state index contributed by atoms with van der Waals surface area (Å²) in [6, 6.07) is 0. The van der Waals surface area contributed by atoms with E-state index in [9.17, 15) is 26.7 Å². The first-order valence-corrected chi connectivity index (χ1v) is 4.35. The first kappa shape index (κ1) is 13.2. The van der Waals surface area contributed by atoms with Crippen molar-refractivity contribution in [3.8, 4) is 0 Å². The smallest absolute Gasteiger partial charge is 0.411 e. The highest BCUT2D eigenvalue weighted by Gasteiger charge is 2.26. The highest BCUT2D eigenvalue weighted by atomic mass is 19.2. The Balaban J connectivity index is 3.20. The van der Waals surface area contributed by atoms with Gasteiger partial charge < -0.3 is 4.74 Å². The second-order valence-corrected chi connectivity index (χ2v) is 2.79. The van der Waals surface area contributed by atoms with Crippen LogP contribution in [0.5, 0.6) is 0 Å². The molecule has 0 heterocycles. The second-order valence-electron chi connectivity index (χ2n) is 2.79. The lowest BCUT2D eigenvalue weighted by Crippen LogP contribution is -2.17. The van der Waals surface area contributed by atoms with Crippen LogP contribution in [0.1, 0.15) is 6.92 Å². The van der Waals surface area contributed by atoms with Crippen LogP contribution in [0.15, 0.2) is 0 Å². The Bertz CT molecular complexity index is 434. The van der Waals surface area contributed by atoms with Gasteiger partial charge in [-0.3, -0.25) is 5.32 Å². The molecule has 0 aliphatic heterocycles. The molecular formula is C9H6F5NO2. The zero-order chi connectivity index (χ0) is 13.2. The van der Waals surface area contributed by atoms with E-state index in [-0.39, 0.29) is 6.61 Å². The molecule has 1 aromatic carbocycles. The Kier molecular flexibility index (Phi) is 3.87. The molecule has 0 saturated heterocycles. The van der Waals surface area contributed by atoms with Crippen molar-refractivity contribution in [3.63, 3.8) is 0 Å². The average molecular weight is 255 g/mol. The number of carbonyl (C=O) groups is 1. The molecule has 0 bridgehead atoms. The molecule has 8 heteroatoms. The zero-order valence-corrected chi connectivity index (χ0v) is 8.41. The quantitative estimate of drug-likeness (QED) is 0.501. The normalized spacial score (nSPS) is 10.2. The van der Waals surface area contributed by atoms with Gasteiger partial charge in [-0.15, -0.1) is 0 Å². The van der Waals surface area contributed by atoms with Crippen molar-refractivity contribution in [2.24, 2.45) is 0 Å². The molecule has 1 aromatic rings. The van der Waals surface area contributed by atoms with E-state index in [1.165, 1.54) is 12.2 Å². The fourth-order valence-corrected chi connectivity index (χ4v) is 0.984. The minimum absolute atomic E-state index is 0.124. The third-order valence-electron chi connectivity index (χ3n) is 1.71. The number of hydrogen-bond donors (Lipinski definition) is 1. The van der Waals surface area contributed by atoms with Crippen LogP contribution < -0.4 is 5.32 Å². The first-order chi connectivity index (χ1) is 7.90. The Labute approximate surface area is 92.2 Å². The molecule has 1 N–H and O–H groups in total. The topological polar surface area (TPSA) is 38.3 Å². The Morgan fingerprint density at radius 3 is 1.82 bits per heavy atom. The van der Waals surface area contributed by atoms with Crippen LogP contribution in [-0.2, 0) is 4.74 Å². The van der Waals surface area contributed by atoms with Crippen LogP contribution in [0.2, 0.25) is 0 Å². The molecule has 0 unspecified atom stereocenters. The lowest BCUT2D eigenvalue weighted by Gasteiger charge is -2.09. The summed E-state index contributed by atoms with van der Waals surface area (Å²) in [6.07, 6.45) is -1.32. The monoisotopic (exact) mass is 255 g/mol. The van der Waals surface area contributed by atoms with E-state index in [4.69, 9.17) is 0 Å². The average Bonchev–Trinajstić information content (AvgIpc) is 2.30. The van der Waals surface area contributed by atoms with Gasteiger partial charge in [-0.05, 0) is 6.92 Å². The molecule has 0 spiro atoms. The molecule has 0 aliphatic carbocycles. The van der Waals surface area contributed by atoms with Gasteiger partial charge in [-0.1, -0.05) is 0 Å². The summed E-state index contributed by atoms with van der Waals surface area (Å²) >= 11 is 0. The summed E-state index contributed by atoms with van der Waals surface area (Å²) in [5, 5.41) is 1.43. The molecule has 17 heavy (non-hydrogen) atoms. The lowest BCUT2D eigenvalue weighted by atomic mass is 10.2. The molecular weight excluding hydrogens is 249 g/mol. The summed E-state index contributed by atoms with van der Waals surface area (Å²) < 4.78 is 68.3. The van der Waals surface area contributed by atoms with Gasteiger partial charge in [0.2, 0.25) is 5.82 Å². The van der Waals surface area contributed by atoms with E-state index in [0.29, 0.717) is 0 Å². The van der Waals surface area contributed by atoms with Crippen molar-refractivity contribution in [2.75, 3.05) is 11.9 Å². The molecule has 0 aromatic heterocycles. The van der Waals surface area contributed by atoms with Gasteiger partial charge in [-0.2, -0.15) is 0 Å². The van der Waals surface area contributed by atoms with E-state index in [1.54, 1.807) is 0 Å². The van der Waals surface area contributed by atoms with Gasteiger partial charge in [0.05, 0.1) is 6.61 Å². The fraction of sp³-hybridized carbons (Fsp3) is 0.222. The van der Waals surface area contributed by atoms with E-state index in [2.05, 4.69) is 4.74 Å². The van der Waals surface area contributed by atoms with E-state index in [1.807, 2.05) is 0 Å². The number of amides is 1. The van der Waals surface area contributed by atoms with Gasteiger partial charge >= 0.3 is 6.09 Å². The number of hydrogen-bond acceptors (Lipinski definition) is 2. The van der Waals surface area contributed by atoms with E-state index < -0.39 is 40.9 Å². The van der Waals surface area contributed by atoms with Gasteiger partial charge in [0.1, 0.15) is 5.69 Å². The van der Waals surface area contributed by atoms with Crippen molar-refractivity contribution in [1.29, 1.82) is 0 Å². The molecule has 0 radical (unpaired) electrons. The number of ether oxygens (including phenoxy) is 1. The highest BCUT2D eigenvalue weighted by Crippen LogP contribution is 2.27. The second kappa shape index (κ2) is 4.98. The molecule has 1 rings (SSSR count). The summed E-state index contributed by atoms with van der Waals surface area (Å²) in [7, 11) is 0. The van der Waals surface area contributed by atoms with Crippen molar-refractivity contribution < 1.29 is 31.5 Å². The molecule has 0 atom stereocenters. The maximum Gasteiger partial charge on any atom is 0.411 e. The van der Waals surface area contributed by atoms with Gasteiger partial charge in [0, 0.05) is 0 Å². The summed E-state index contributed by atoms with van der Waals surface area (Å²) in [4.78, 5) is 10.8. The van der Waals surface area contributed by atoms with Crippen LogP contribution in [0.25, 0.3) is 0 Å². The summed E-state index contributed by atoms with van der Waals surface area (Å²) in [6.45, 7) is 1.28. The third kappa shape index (κ3) is 2.45. The Morgan fingerprint density at radius 1 is 1.00 bits per heavy atom. The van der Waals surface area contributed by atoms with Crippen molar-refractivity contribution in [3.05, 3.63) is 29.1 Å². The maximum atomic E-state index is 13.0. The lowest BCUT2D eigenvalue weighted by molar-refractivity contribution is 0.167. The predicted molar refractivity (Wildman–Crippen MR) is 46.9 cm³/mol. The van der Waals surface area contributed by atoms with Crippen LogP contribution in [0, 0.1) is 29.1 Å². The van der Waals surface area contributed by atoms with E-state index in [0.717, 1.165) is 0 Å². The van der Waals surface area contributed by atoms with Gasteiger partial charge in [-0.25, -0.2) is 26.7 Å². The minimum atomic E-state index is -2.30. The standard InChI is InChI=1S/C9H6F5NO2/c1-2-17-9(16)15-8-6(13)4(11)3(10)5(12)7(8)14/h2H2,1H3,(H,15,16). The minimum Gasteiger partial charge on any atom is -0.450 e. The maximum absolute atomic E-state index is 13.0. The van der Waals surface area contributed by atoms with E-state index >= 15 is 0 Å². The van der Waals surface area contributed by atoms with Crippen LogP contribution >= 0.6 is 0 Å². The van der Waals surface area contributed by atoms with Crippen LogP contribution in [-0.4, -0.2) is 12.7 Å². The number of rotatable bonds is 2. The highest BCUT2D eigenvalue weighted by molar-refractivity contribution is 5.84. The first-order valence-electron chi connectivity index (χ1n) is 4.35. The summed E-state index contributed by atoms with van der Waals surface area (Å²) in [5.74, 6) is -10.8. The van der Waals surface area contributed by atoms with Crippen molar-refractivity contribution in [2.45, 2.75) is 6.92 Å². The largest absolute Gasteiger partial charge is 0.450 e. The van der Waals surface area contributed by atoms with Gasteiger partial charge in [0.25, 0.3) is 0 Å². The predicted octanol–water partition coefficient (Wildman–Crippen LogP) is 2.95. The SMILES string of the molecule is CCOC(=O)Nc1c(F)c(F)c(F)c(F)c1F. The summed E-state index contributed by atoms with van der Waals surface area (Å²) in [5.41, 5.74) is -1.44. The third-order valence-corrected chi connectivity index (χ3v) is 1.71. The molecule has 1 amide bonds. The molecule has 94 valence electrons. The van der Waals surface area contributed by atoms with Crippen molar-refractivity contribution in [1.82, 2.24) is 0 Å². The van der Waals surface area contributed by atoms with Gasteiger partial charge in [0.15, 0.2) is 23.3 Å². The molecule has 3 nitrogen and oxygen atoms in total. The molecule has 0 saturated carbocycles. The fourth-order valence-electron chi connectivity index (χ4n) is 0.984. The van der Waals surface area contributed by atoms with Crippen LogP contribution in [0.3, 0.4) is 0 Å². The Morgan fingerprint density at radius 2 is 1.41 bits per heavy atom. The Hall–Kier alpha value is -1.86. The number of anilines is 1. The molecule has 0 fully saturated rings. The van der Waals surface area contributed by atoms with Crippen LogP contribution in [0.4, 0.5) is 32.4 Å². The number of nitrogens with one attached hydrogen (secondary N) is 1. The van der Waals surface area contributed by atoms with Crippen molar-refractivity contribution >= 4 is 11.8 Å². The zero-order valence-electron chi connectivity index (χ0n) is 8.41. The number of carbonyl (C=O) groups excluding carboxylic acids is 1. The molecule has 0 aliphatic rings. The number of benzene rings is 1.